The van der Waals surface area contributed by atoms with Crippen LogP contribution in [0.4, 0.5) is 4.79 Å². The number of alkyl carbamates (subject to hydrolysis) is 1. The Hall–Kier alpha value is -0.420. The molecule has 0 aromatic rings. The van der Waals surface area contributed by atoms with Crippen molar-refractivity contribution in [3.63, 3.8) is 0 Å². The summed E-state index contributed by atoms with van der Waals surface area (Å²) in [5, 5.41) is 20.8. The van der Waals surface area contributed by atoms with Crippen LogP contribution in [0.15, 0.2) is 0 Å². The number of hydrogen-bond acceptors (Lipinski definition) is 5. The summed E-state index contributed by atoms with van der Waals surface area (Å²) in [5.74, 6) is 0. The number of nitrogens with two attached hydrogens (primary N) is 1. The van der Waals surface area contributed by atoms with E-state index < -0.39 is 0 Å². The van der Waals surface area contributed by atoms with Crippen LogP contribution in [0.5, 0.6) is 0 Å². The minimum absolute atomic E-state index is 0.180. The van der Waals surface area contributed by atoms with Gasteiger partial charge < -0.3 is 26.0 Å². The molecule has 0 aliphatic carbocycles. The second-order valence-corrected chi connectivity index (χ2v) is 10.3. The number of nitrogens with one attached hydrogen (secondary N) is 1. The standard InChI is InChI=1S/C21H45N2O4P/c1-3-21(4-2,10-5-12-22)11-6-13-23-20(26)27-16-9-19-28(17-7-14-24)18-8-15-25/h24-25H,3-19,22H2,1-2H3,(H,23,26). The molecule has 0 spiro atoms. The SMILES string of the molecule is CCC(CC)(CCCN)CCCNC(=O)OCCCP(CCCO)CCCO. The molecular formula is C21H45N2O4P. The smallest absolute Gasteiger partial charge is 0.407 e. The van der Waals surface area contributed by atoms with Gasteiger partial charge in [0.2, 0.25) is 0 Å². The molecule has 0 unspecified atom stereocenters. The zero-order valence-corrected chi connectivity index (χ0v) is 19.2. The summed E-state index contributed by atoms with van der Waals surface area (Å²) in [6.45, 7) is 6.78. The van der Waals surface area contributed by atoms with E-state index in [9.17, 15) is 4.79 Å². The lowest BCUT2D eigenvalue weighted by Crippen LogP contribution is -2.28. The highest BCUT2D eigenvalue weighted by molar-refractivity contribution is 7.57. The maximum Gasteiger partial charge on any atom is 0.407 e. The molecule has 6 nitrogen and oxygen atoms in total. The van der Waals surface area contributed by atoms with Gasteiger partial charge in [-0.1, -0.05) is 26.7 Å². The number of aliphatic hydroxyl groups is 2. The Labute approximate surface area is 173 Å². The topological polar surface area (TPSA) is 105 Å². The average Bonchev–Trinajstić information content (AvgIpc) is 2.72. The predicted octanol–water partition coefficient (Wildman–Crippen LogP) is 3.67. The van der Waals surface area contributed by atoms with E-state index in [2.05, 4.69) is 19.2 Å². The molecular weight excluding hydrogens is 375 g/mol. The number of rotatable bonds is 19. The Balaban J connectivity index is 3.93. The Kier molecular flexibility index (Phi) is 18.3. The fraction of sp³-hybridized carbons (Fsp3) is 0.952. The minimum Gasteiger partial charge on any atom is -0.450 e. The Morgan fingerprint density at radius 3 is 2.07 bits per heavy atom. The number of ether oxygens (including phenoxy) is 1. The van der Waals surface area contributed by atoms with Crippen LogP contribution in [0, 0.1) is 5.41 Å². The molecule has 1 amide bonds. The fourth-order valence-corrected chi connectivity index (χ4v) is 6.07. The van der Waals surface area contributed by atoms with E-state index in [-0.39, 0.29) is 27.2 Å². The van der Waals surface area contributed by atoms with Crippen molar-refractivity contribution in [2.75, 3.05) is 51.4 Å². The van der Waals surface area contributed by atoms with Gasteiger partial charge >= 0.3 is 6.09 Å². The summed E-state index contributed by atoms with van der Waals surface area (Å²) in [6.07, 6.45) is 11.9. The summed E-state index contributed by atoms with van der Waals surface area (Å²) in [7, 11) is -0.180. The number of amides is 1. The number of carbonyl (C=O) groups is 1. The van der Waals surface area contributed by atoms with Crippen LogP contribution in [0.3, 0.4) is 0 Å². The molecule has 5 N–H and O–H groups in total. The molecule has 168 valence electrons. The monoisotopic (exact) mass is 420 g/mol. The van der Waals surface area contributed by atoms with Gasteiger partial charge in [0.15, 0.2) is 0 Å². The summed E-state index contributed by atoms with van der Waals surface area (Å²) < 4.78 is 5.30. The van der Waals surface area contributed by atoms with Crippen molar-refractivity contribution in [1.29, 1.82) is 0 Å². The van der Waals surface area contributed by atoms with Crippen LogP contribution in [0.25, 0.3) is 0 Å². The molecule has 28 heavy (non-hydrogen) atoms. The molecule has 0 aromatic heterocycles. The summed E-state index contributed by atoms with van der Waals surface area (Å²) in [6, 6.07) is 0. The Bertz CT molecular complexity index is 360. The Morgan fingerprint density at radius 1 is 0.964 bits per heavy atom. The van der Waals surface area contributed by atoms with Crippen molar-refractivity contribution < 1.29 is 19.7 Å². The van der Waals surface area contributed by atoms with Crippen molar-refractivity contribution >= 4 is 14.0 Å². The second kappa shape index (κ2) is 18.6. The molecule has 0 radical (unpaired) electrons. The molecule has 0 bridgehead atoms. The Morgan fingerprint density at radius 2 is 1.54 bits per heavy atom. The van der Waals surface area contributed by atoms with Crippen LogP contribution in [0.2, 0.25) is 0 Å². The van der Waals surface area contributed by atoms with E-state index in [4.69, 9.17) is 20.7 Å². The summed E-state index contributed by atoms with van der Waals surface area (Å²) >= 11 is 0. The van der Waals surface area contributed by atoms with E-state index in [0.29, 0.717) is 18.6 Å². The van der Waals surface area contributed by atoms with E-state index in [1.807, 2.05) is 0 Å². The van der Waals surface area contributed by atoms with E-state index in [1.54, 1.807) is 0 Å². The zero-order chi connectivity index (χ0) is 21.1. The first-order chi connectivity index (χ1) is 13.6. The van der Waals surface area contributed by atoms with Crippen LogP contribution in [-0.2, 0) is 4.74 Å². The molecule has 0 aliphatic heterocycles. The normalized spacial score (nSPS) is 11.8. The molecule has 0 saturated heterocycles. The second-order valence-electron chi connectivity index (χ2n) is 7.62. The van der Waals surface area contributed by atoms with Crippen molar-refractivity contribution in [3.8, 4) is 0 Å². The number of hydrogen-bond donors (Lipinski definition) is 4. The molecule has 0 fully saturated rings. The molecule has 7 heteroatoms. The zero-order valence-electron chi connectivity index (χ0n) is 18.3. The van der Waals surface area contributed by atoms with Crippen LogP contribution < -0.4 is 11.1 Å². The first-order valence-corrected chi connectivity index (χ1v) is 13.0. The van der Waals surface area contributed by atoms with Crippen molar-refractivity contribution in [1.82, 2.24) is 5.32 Å². The minimum atomic E-state index is -0.324. The molecule has 0 heterocycles. The molecule has 0 atom stereocenters. The van der Waals surface area contributed by atoms with Gasteiger partial charge in [0.05, 0.1) is 6.61 Å². The maximum atomic E-state index is 11.9. The predicted molar refractivity (Wildman–Crippen MR) is 119 cm³/mol. The van der Waals surface area contributed by atoms with Crippen molar-refractivity contribution in [3.05, 3.63) is 0 Å². The lowest BCUT2D eigenvalue weighted by atomic mass is 9.74. The van der Waals surface area contributed by atoms with Crippen LogP contribution in [0.1, 0.15) is 71.6 Å². The first-order valence-electron chi connectivity index (χ1n) is 11.1. The molecule has 0 aromatic carbocycles. The lowest BCUT2D eigenvalue weighted by molar-refractivity contribution is 0.145. The highest BCUT2D eigenvalue weighted by atomic mass is 31.1. The largest absolute Gasteiger partial charge is 0.450 e. The highest BCUT2D eigenvalue weighted by Crippen LogP contribution is 2.37. The fourth-order valence-electron chi connectivity index (χ4n) is 3.64. The van der Waals surface area contributed by atoms with Gasteiger partial charge in [0, 0.05) is 19.8 Å². The number of aliphatic hydroxyl groups excluding tert-OH is 2. The van der Waals surface area contributed by atoms with Crippen molar-refractivity contribution in [2.24, 2.45) is 11.1 Å². The van der Waals surface area contributed by atoms with Gasteiger partial charge in [-0.05, 0) is 75.4 Å². The molecule has 0 rings (SSSR count). The third-order valence-corrected chi connectivity index (χ3v) is 8.53. The van der Waals surface area contributed by atoms with Gasteiger partial charge in [0.25, 0.3) is 0 Å². The highest BCUT2D eigenvalue weighted by Gasteiger charge is 2.24. The van der Waals surface area contributed by atoms with Gasteiger partial charge in [-0.3, -0.25) is 0 Å². The quantitative estimate of drug-likeness (QED) is 0.188. The first kappa shape index (κ1) is 27.6. The van der Waals surface area contributed by atoms with Gasteiger partial charge in [0.1, 0.15) is 0 Å². The van der Waals surface area contributed by atoms with E-state index in [1.165, 1.54) is 0 Å². The average molecular weight is 421 g/mol. The van der Waals surface area contributed by atoms with E-state index >= 15 is 0 Å². The third-order valence-electron chi connectivity index (χ3n) is 5.68. The van der Waals surface area contributed by atoms with E-state index in [0.717, 1.165) is 82.8 Å². The lowest BCUT2D eigenvalue weighted by Gasteiger charge is -2.32. The van der Waals surface area contributed by atoms with Crippen molar-refractivity contribution in [2.45, 2.75) is 71.6 Å². The van der Waals surface area contributed by atoms with Gasteiger partial charge in [-0.15, -0.1) is 7.92 Å². The number of carbonyl (C=O) groups excluding carboxylic acids is 1. The molecule has 0 saturated carbocycles. The summed E-state index contributed by atoms with van der Waals surface area (Å²) in [4.78, 5) is 11.9. The van der Waals surface area contributed by atoms with Crippen LogP contribution >= 0.6 is 7.92 Å². The maximum absolute atomic E-state index is 11.9. The third kappa shape index (κ3) is 13.7. The summed E-state index contributed by atoms with van der Waals surface area (Å²) in [5.41, 5.74) is 6.02. The van der Waals surface area contributed by atoms with Gasteiger partial charge in [-0.2, -0.15) is 0 Å². The van der Waals surface area contributed by atoms with Gasteiger partial charge in [-0.25, -0.2) is 4.79 Å². The van der Waals surface area contributed by atoms with Crippen LogP contribution in [-0.4, -0.2) is 67.7 Å². The molecule has 0 aliphatic rings.